The van der Waals surface area contributed by atoms with Gasteiger partial charge in [-0.3, -0.25) is 0 Å². The molecule has 2 N–H and O–H groups in total. The fraction of sp³-hybridized carbons (Fsp3) is 0.0667. The van der Waals surface area contributed by atoms with Gasteiger partial charge in [0.25, 0.3) is 5.89 Å². The molecule has 2 aromatic carbocycles. The molecule has 0 unspecified atom stereocenters. The highest BCUT2D eigenvalue weighted by Crippen LogP contribution is 2.27. The second kappa shape index (κ2) is 5.54. The molecule has 0 saturated heterocycles. The van der Waals surface area contributed by atoms with E-state index in [9.17, 15) is 4.39 Å². The molecule has 106 valence electrons. The molecule has 0 saturated carbocycles. The van der Waals surface area contributed by atoms with Crippen molar-refractivity contribution in [3.8, 4) is 11.5 Å². The van der Waals surface area contributed by atoms with Crippen LogP contribution in [0.2, 0.25) is 5.02 Å². The number of halogens is 2. The maximum atomic E-state index is 13.1. The molecule has 1 heterocycles. The highest BCUT2D eigenvalue weighted by Gasteiger charge is 2.12. The third-order valence-electron chi connectivity index (χ3n) is 2.96. The second-order valence-electron chi connectivity index (χ2n) is 4.55. The Bertz CT molecular complexity index is 788. The van der Waals surface area contributed by atoms with Gasteiger partial charge in [-0.05, 0) is 35.9 Å². The fourth-order valence-corrected chi connectivity index (χ4v) is 2.17. The lowest BCUT2D eigenvalue weighted by molar-refractivity contribution is 0.424. The van der Waals surface area contributed by atoms with Crippen LogP contribution in [0.25, 0.3) is 11.5 Å². The molecule has 0 fully saturated rings. The van der Waals surface area contributed by atoms with Crippen LogP contribution in [-0.2, 0) is 6.42 Å². The lowest BCUT2D eigenvalue weighted by atomic mass is 10.1. The number of anilines is 1. The molecule has 1 aromatic heterocycles. The summed E-state index contributed by atoms with van der Waals surface area (Å²) in [5.41, 5.74) is 7.73. The third-order valence-corrected chi connectivity index (χ3v) is 3.20. The molecular weight excluding hydrogens is 293 g/mol. The number of hydrogen-bond donors (Lipinski definition) is 1. The van der Waals surface area contributed by atoms with E-state index in [-0.39, 0.29) is 5.82 Å². The van der Waals surface area contributed by atoms with E-state index in [1.54, 1.807) is 30.3 Å². The van der Waals surface area contributed by atoms with Gasteiger partial charge in [0.1, 0.15) is 5.82 Å². The van der Waals surface area contributed by atoms with Gasteiger partial charge in [0, 0.05) is 17.1 Å². The van der Waals surface area contributed by atoms with Crippen LogP contribution in [0.5, 0.6) is 0 Å². The van der Waals surface area contributed by atoms with E-state index in [1.807, 2.05) is 0 Å². The largest absolute Gasteiger partial charge is 0.398 e. The molecule has 0 amide bonds. The van der Waals surface area contributed by atoms with Crippen LogP contribution < -0.4 is 5.73 Å². The Morgan fingerprint density at radius 3 is 2.81 bits per heavy atom. The van der Waals surface area contributed by atoms with E-state index in [0.29, 0.717) is 34.4 Å². The lowest BCUT2D eigenvalue weighted by Crippen LogP contribution is -1.93. The van der Waals surface area contributed by atoms with Crippen LogP contribution in [0, 0.1) is 5.82 Å². The summed E-state index contributed by atoms with van der Waals surface area (Å²) < 4.78 is 18.3. The summed E-state index contributed by atoms with van der Waals surface area (Å²) in [6.07, 6.45) is 0.384. The number of hydrogen-bond acceptors (Lipinski definition) is 4. The van der Waals surface area contributed by atoms with Crippen molar-refractivity contribution in [2.45, 2.75) is 6.42 Å². The first-order valence-electron chi connectivity index (χ1n) is 6.24. The van der Waals surface area contributed by atoms with Crippen molar-refractivity contribution >= 4 is 17.3 Å². The van der Waals surface area contributed by atoms with Gasteiger partial charge in [0.05, 0.1) is 5.56 Å². The first-order chi connectivity index (χ1) is 10.1. The maximum Gasteiger partial charge on any atom is 0.260 e. The van der Waals surface area contributed by atoms with E-state index in [2.05, 4.69) is 10.1 Å². The summed E-state index contributed by atoms with van der Waals surface area (Å²) in [6, 6.07) is 11.3. The Balaban J connectivity index is 1.86. The average Bonchev–Trinajstić information content (AvgIpc) is 2.87. The number of rotatable bonds is 3. The minimum atomic E-state index is -0.293. The minimum absolute atomic E-state index is 0.293. The summed E-state index contributed by atoms with van der Waals surface area (Å²) in [4.78, 5) is 4.27. The molecule has 0 aliphatic rings. The maximum absolute atomic E-state index is 13.1. The zero-order valence-corrected chi connectivity index (χ0v) is 11.6. The Morgan fingerprint density at radius 2 is 2.05 bits per heavy atom. The molecule has 0 aliphatic heterocycles. The van der Waals surface area contributed by atoms with Crippen LogP contribution >= 0.6 is 11.6 Å². The zero-order chi connectivity index (χ0) is 14.8. The quantitative estimate of drug-likeness (QED) is 0.749. The molecule has 3 rings (SSSR count). The molecule has 21 heavy (non-hydrogen) atoms. The molecule has 4 nitrogen and oxygen atoms in total. The number of nitrogens with zero attached hydrogens (tertiary/aromatic N) is 2. The Kier molecular flexibility index (Phi) is 3.58. The van der Waals surface area contributed by atoms with Crippen molar-refractivity contribution in [2.75, 3.05) is 5.73 Å². The molecular formula is C15H11ClFN3O. The molecule has 3 aromatic rings. The average molecular weight is 304 g/mol. The summed E-state index contributed by atoms with van der Waals surface area (Å²) in [5.74, 6) is 0.485. The van der Waals surface area contributed by atoms with Crippen LogP contribution in [0.3, 0.4) is 0 Å². The number of aromatic nitrogens is 2. The van der Waals surface area contributed by atoms with Crippen molar-refractivity contribution in [3.63, 3.8) is 0 Å². The molecule has 0 bridgehead atoms. The smallest absolute Gasteiger partial charge is 0.260 e. The molecule has 0 aliphatic carbocycles. The van der Waals surface area contributed by atoms with Crippen LogP contribution in [0.4, 0.5) is 10.1 Å². The van der Waals surface area contributed by atoms with E-state index < -0.39 is 0 Å². The van der Waals surface area contributed by atoms with E-state index in [4.69, 9.17) is 21.9 Å². The topological polar surface area (TPSA) is 64.9 Å². The van der Waals surface area contributed by atoms with Gasteiger partial charge in [-0.1, -0.05) is 28.9 Å². The predicted molar refractivity (Wildman–Crippen MR) is 78.4 cm³/mol. The summed E-state index contributed by atoms with van der Waals surface area (Å²) >= 11 is 5.85. The van der Waals surface area contributed by atoms with Crippen molar-refractivity contribution in [2.24, 2.45) is 0 Å². The van der Waals surface area contributed by atoms with Gasteiger partial charge in [-0.15, -0.1) is 0 Å². The Hall–Kier alpha value is -2.40. The SMILES string of the molecule is Nc1cc(Cl)ccc1-c1nc(Cc2cccc(F)c2)no1. The Morgan fingerprint density at radius 1 is 1.19 bits per heavy atom. The first-order valence-corrected chi connectivity index (χ1v) is 6.62. The van der Waals surface area contributed by atoms with Gasteiger partial charge in [0.15, 0.2) is 5.82 Å². The molecule has 0 radical (unpaired) electrons. The summed E-state index contributed by atoms with van der Waals surface area (Å²) in [7, 11) is 0. The van der Waals surface area contributed by atoms with Gasteiger partial charge < -0.3 is 10.3 Å². The van der Waals surface area contributed by atoms with Crippen molar-refractivity contribution < 1.29 is 8.91 Å². The van der Waals surface area contributed by atoms with Crippen molar-refractivity contribution in [3.05, 3.63) is 64.7 Å². The highest BCUT2D eigenvalue weighted by atomic mass is 35.5. The van der Waals surface area contributed by atoms with Gasteiger partial charge in [-0.2, -0.15) is 4.98 Å². The van der Waals surface area contributed by atoms with Gasteiger partial charge in [0.2, 0.25) is 0 Å². The van der Waals surface area contributed by atoms with Crippen molar-refractivity contribution in [1.29, 1.82) is 0 Å². The van der Waals surface area contributed by atoms with Crippen LogP contribution in [0.15, 0.2) is 47.0 Å². The van der Waals surface area contributed by atoms with Crippen molar-refractivity contribution in [1.82, 2.24) is 10.1 Å². The standard InChI is InChI=1S/C15H11ClFN3O/c16-10-4-5-12(13(18)8-10)15-19-14(20-21-15)7-9-2-1-3-11(17)6-9/h1-6,8H,7,18H2. The van der Waals surface area contributed by atoms with Crippen LogP contribution in [0.1, 0.15) is 11.4 Å². The zero-order valence-electron chi connectivity index (χ0n) is 10.9. The minimum Gasteiger partial charge on any atom is -0.398 e. The monoisotopic (exact) mass is 303 g/mol. The normalized spacial score (nSPS) is 10.8. The highest BCUT2D eigenvalue weighted by molar-refractivity contribution is 6.31. The van der Waals surface area contributed by atoms with E-state index >= 15 is 0 Å². The second-order valence-corrected chi connectivity index (χ2v) is 4.99. The Labute approximate surface area is 125 Å². The van der Waals surface area contributed by atoms with E-state index in [1.165, 1.54) is 12.1 Å². The lowest BCUT2D eigenvalue weighted by Gasteiger charge is -2.00. The van der Waals surface area contributed by atoms with Crippen LogP contribution in [-0.4, -0.2) is 10.1 Å². The molecule has 0 spiro atoms. The number of nitrogens with two attached hydrogens (primary N) is 1. The summed E-state index contributed by atoms with van der Waals surface area (Å²) in [6.45, 7) is 0. The molecule has 0 atom stereocenters. The molecule has 6 heteroatoms. The third kappa shape index (κ3) is 3.03. The number of nitrogen functional groups attached to an aromatic ring is 1. The number of benzene rings is 2. The van der Waals surface area contributed by atoms with Gasteiger partial charge in [-0.25, -0.2) is 4.39 Å². The predicted octanol–water partition coefficient (Wildman–Crippen LogP) is 3.70. The van der Waals surface area contributed by atoms with E-state index in [0.717, 1.165) is 5.56 Å². The summed E-state index contributed by atoms with van der Waals surface area (Å²) in [5, 5.41) is 4.42. The first kappa shape index (κ1) is 13.6. The fourth-order valence-electron chi connectivity index (χ4n) is 1.99. The van der Waals surface area contributed by atoms with Gasteiger partial charge >= 0.3 is 0 Å².